The molecule has 3 rings (SSSR count). The number of ether oxygens (including phenoxy) is 1. The van der Waals surface area contributed by atoms with Crippen molar-refractivity contribution in [3.8, 4) is 0 Å². The molecule has 1 aliphatic rings. The second-order valence-electron chi connectivity index (χ2n) is 4.96. The van der Waals surface area contributed by atoms with E-state index in [1.165, 1.54) is 11.3 Å². The predicted octanol–water partition coefficient (Wildman–Crippen LogP) is -1.33. The molecule has 0 bridgehead atoms. The highest BCUT2D eigenvalue weighted by Crippen LogP contribution is 2.28. The molecule has 4 N–H and O–H groups in total. The summed E-state index contributed by atoms with van der Waals surface area (Å²) in [6, 6.07) is 0. The smallest absolute Gasteiger partial charge is 0.331 e. The van der Waals surface area contributed by atoms with Crippen molar-refractivity contribution in [3.63, 3.8) is 0 Å². The third kappa shape index (κ3) is 2.05. The number of aromatic amines is 1. The molecule has 0 amide bonds. The quantitative estimate of drug-likeness (QED) is 0.544. The Balaban J connectivity index is 2.18. The van der Waals surface area contributed by atoms with Gasteiger partial charge in [-0.2, -0.15) is 0 Å². The van der Waals surface area contributed by atoms with Crippen molar-refractivity contribution in [1.82, 2.24) is 9.55 Å². The molecule has 4 atom stereocenters. The van der Waals surface area contributed by atoms with Gasteiger partial charge in [0.2, 0.25) is 0 Å². The highest BCUT2D eigenvalue weighted by molar-refractivity contribution is 7.17. The fraction of sp³-hybridized carbons (Fsp3) is 0.500. The topological polar surface area (TPSA) is 125 Å². The maximum atomic E-state index is 12.4. The molecule has 9 heteroatoms. The zero-order valence-electron chi connectivity index (χ0n) is 11.0. The molecule has 114 valence electrons. The van der Waals surface area contributed by atoms with E-state index in [1.54, 1.807) is 12.3 Å². The highest BCUT2D eigenvalue weighted by atomic mass is 32.1. The number of aryl methyl sites for hydroxylation is 1. The summed E-state index contributed by atoms with van der Waals surface area (Å²) in [5.74, 6) is 0. The number of rotatable bonds is 2. The lowest BCUT2D eigenvalue weighted by Gasteiger charge is -2.16. The van der Waals surface area contributed by atoms with Crippen LogP contribution in [0.25, 0.3) is 10.2 Å². The Morgan fingerprint density at radius 3 is 2.71 bits per heavy atom. The Hall–Kier alpha value is -1.52. The number of thiophene rings is 1. The van der Waals surface area contributed by atoms with E-state index in [1.807, 2.05) is 0 Å². The van der Waals surface area contributed by atoms with Gasteiger partial charge in [-0.15, -0.1) is 11.3 Å². The van der Waals surface area contributed by atoms with Crippen LogP contribution in [0, 0.1) is 6.92 Å². The fourth-order valence-electron chi connectivity index (χ4n) is 2.45. The summed E-state index contributed by atoms with van der Waals surface area (Å²) in [6.45, 7) is 1.24. The third-order valence-corrected chi connectivity index (χ3v) is 4.70. The van der Waals surface area contributed by atoms with E-state index in [0.29, 0.717) is 10.2 Å². The monoisotopic (exact) mass is 314 g/mol. The van der Waals surface area contributed by atoms with Gasteiger partial charge in [-0.25, -0.2) is 9.36 Å². The first-order chi connectivity index (χ1) is 9.95. The summed E-state index contributed by atoms with van der Waals surface area (Å²) in [5.41, 5.74) is -0.0963. The molecule has 0 aromatic carbocycles. The Kier molecular flexibility index (Phi) is 3.46. The molecule has 3 heterocycles. The largest absolute Gasteiger partial charge is 0.394 e. The van der Waals surface area contributed by atoms with Crippen LogP contribution < -0.4 is 11.2 Å². The Morgan fingerprint density at radius 2 is 2.10 bits per heavy atom. The van der Waals surface area contributed by atoms with E-state index in [9.17, 15) is 19.8 Å². The SMILES string of the molecule is Cc1csc2c(=O)n([C@@H]3O[C@H](CO)[C@@H](O)[C@H]3O)c(=O)[nH]c12. The molecule has 0 aliphatic carbocycles. The molecule has 0 spiro atoms. The molecule has 8 nitrogen and oxygen atoms in total. The Morgan fingerprint density at radius 1 is 1.38 bits per heavy atom. The minimum absolute atomic E-state index is 0.338. The summed E-state index contributed by atoms with van der Waals surface area (Å²) < 4.78 is 6.31. The van der Waals surface area contributed by atoms with Crippen LogP contribution in [-0.2, 0) is 4.74 Å². The van der Waals surface area contributed by atoms with Gasteiger partial charge in [-0.1, -0.05) is 0 Å². The third-order valence-electron chi connectivity index (χ3n) is 3.61. The predicted molar refractivity (Wildman–Crippen MR) is 74.5 cm³/mol. The minimum Gasteiger partial charge on any atom is -0.394 e. The van der Waals surface area contributed by atoms with E-state index in [4.69, 9.17) is 9.84 Å². The number of aromatic nitrogens is 2. The fourth-order valence-corrected chi connectivity index (χ4v) is 3.39. The van der Waals surface area contributed by atoms with Crippen LogP contribution in [-0.4, -0.2) is 49.8 Å². The average Bonchev–Trinajstić information content (AvgIpc) is 2.94. The van der Waals surface area contributed by atoms with Gasteiger partial charge in [-0.05, 0) is 17.9 Å². The van der Waals surface area contributed by atoms with Crippen molar-refractivity contribution in [2.24, 2.45) is 0 Å². The summed E-state index contributed by atoms with van der Waals surface area (Å²) in [5, 5.41) is 30.5. The van der Waals surface area contributed by atoms with Crippen LogP contribution in [0.1, 0.15) is 11.8 Å². The zero-order valence-corrected chi connectivity index (χ0v) is 11.8. The maximum absolute atomic E-state index is 12.4. The Labute approximate surface area is 121 Å². The standard InChI is InChI=1S/C12H14N2O6S/c1-4-3-21-9-6(4)13-12(19)14(10(9)18)11-8(17)7(16)5(2-15)20-11/h3,5,7-8,11,15-17H,2H2,1H3,(H,13,19)/t5-,7-,8-,11-/m1/s1. The number of H-pyrrole nitrogens is 1. The van der Waals surface area contributed by atoms with Gasteiger partial charge < -0.3 is 25.0 Å². The van der Waals surface area contributed by atoms with Gasteiger partial charge in [0.15, 0.2) is 6.23 Å². The first-order valence-electron chi connectivity index (χ1n) is 6.30. The van der Waals surface area contributed by atoms with Crippen molar-refractivity contribution in [2.75, 3.05) is 6.61 Å². The molecule has 0 saturated carbocycles. The first-order valence-corrected chi connectivity index (χ1v) is 7.18. The van der Waals surface area contributed by atoms with E-state index >= 15 is 0 Å². The van der Waals surface area contributed by atoms with Gasteiger partial charge in [-0.3, -0.25) is 4.79 Å². The van der Waals surface area contributed by atoms with Gasteiger partial charge in [0.05, 0.1) is 12.1 Å². The Bertz CT molecular complexity index is 793. The van der Waals surface area contributed by atoms with Crippen LogP contribution in [0.5, 0.6) is 0 Å². The van der Waals surface area contributed by atoms with Gasteiger partial charge in [0.1, 0.15) is 23.0 Å². The van der Waals surface area contributed by atoms with Crippen molar-refractivity contribution in [2.45, 2.75) is 31.5 Å². The molecule has 0 unspecified atom stereocenters. The summed E-state index contributed by atoms with van der Waals surface area (Å²) >= 11 is 1.18. The molecule has 1 fully saturated rings. The van der Waals surface area contributed by atoms with Crippen LogP contribution in [0.3, 0.4) is 0 Å². The van der Waals surface area contributed by atoms with E-state index < -0.39 is 42.4 Å². The molecule has 2 aromatic heterocycles. The lowest BCUT2D eigenvalue weighted by atomic mass is 10.1. The lowest BCUT2D eigenvalue weighted by molar-refractivity contribution is -0.0561. The number of aliphatic hydroxyl groups excluding tert-OH is 3. The molecular weight excluding hydrogens is 300 g/mol. The normalized spacial score (nSPS) is 29.3. The van der Waals surface area contributed by atoms with Crippen LogP contribution in [0.2, 0.25) is 0 Å². The molecular formula is C12H14N2O6S. The maximum Gasteiger partial charge on any atom is 0.331 e. The average molecular weight is 314 g/mol. The van der Waals surface area contributed by atoms with Crippen molar-refractivity contribution >= 4 is 21.6 Å². The minimum atomic E-state index is -1.47. The number of nitrogens with zero attached hydrogens (tertiary/aromatic N) is 1. The second kappa shape index (κ2) is 5.04. The summed E-state index contributed by atoms with van der Waals surface area (Å²) in [4.78, 5) is 27.1. The second-order valence-corrected chi connectivity index (χ2v) is 5.84. The zero-order chi connectivity index (χ0) is 15.3. The van der Waals surface area contributed by atoms with E-state index in [0.717, 1.165) is 10.1 Å². The summed E-state index contributed by atoms with van der Waals surface area (Å²) in [7, 11) is 0. The molecule has 0 radical (unpaired) electrons. The van der Waals surface area contributed by atoms with Gasteiger partial charge in [0.25, 0.3) is 5.56 Å². The van der Waals surface area contributed by atoms with Crippen molar-refractivity contribution < 1.29 is 20.1 Å². The van der Waals surface area contributed by atoms with Crippen LogP contribution in [0.4, 0.5) is 0 Å². The number of aliphatic hydroxyl groups is 3. The van der Waals surface area contributed by atoms with Crippen molar-refractivity contribution in [1.29, 1.82) is 0 Å². The van der Waals surface area contributed by atoms with Gasteiger partial charge >= 0.3 is 5.69 Å². The van der Waals surface area contributed by atoms with Crippen LogP contribution in [0.15, 0.2) is 15.0 Å². The van der Waals surface area contributed by atoms with E-state index in [2.05, 4.69) is 4.98 Å². The number of nitrogens with one attached hydrogen (secondary N) is 1. The van der Waals surface area contributed by atoms with E-state index in [-0.39, 0.29) is 0 Å². The van der Waals surface area contributed by atoms with Crippen LogP contribution >= 0.6 is 11.3 Å². The van der Waals surface area contributed by atoms with Gasteiger partial charge in [0, 0.05) is 0 Å². The highest BCUT2D eigenvalue weighted by Gasteiger charge is 2.44. The molecule has 1 aliphatic heterocycles. The number of hydrogen-bond donors (Lipinski definition) is 4. The first kappa shape index (κ1) is 14.4. The molecule has 21 heavy (non-hydrogen) atoms. The number of fused-ring (bicyclic) bond motifs is 1. The molecule has 1 saturated heterocycles. The number of hydrogen-bond acceptors (Lipinski definition) is 7. The lowest BCUT2D eigenvalue weighted by Crippen LogP contribution is -2.42. The van der Waals surface area contributed by atoms with Crippen molar-refractivity contribution in [3.05, 3.63) is 31.8 Å². The summed E-state index contributed by atoms with van der Waals surface area (Å²) in [6.07, 6.45) is -5.22. The molecule has 2 aromatic rings.